The molecule has 0 aliphatic carbocycles. The predicted molar refractivity (Wildman–Crippen MR) is 74.4 cm³/mol. The summed E-state index contributed by atoms with van der Waals surface area (Å²) in [6, 6.07) is 3.84. The molecule has 0 saturated carbocycles. The molecule has 2 aromatic rings. The first kappa shape index (κ1) is 14.3. The van der Waals surface area contributed by atoms with Crippen molar-refractivity contribution in [3.63, 3.8) is 0 Å². The second kappa shape index (κ2) is 6.33. The van der Waals surface area contributed by atoms with E-state index in [0.29, 0.717) is 17.8 Å². The molecule has 0 unspecified atom stereocenters. The average molecular weight is 293 g/mol. The topological polar surface area (TPSA) is 73.2 Å². The van der Waals surface area contributed by atoms with Crippen molar-refractivity contribution in [3.05, 3.63) is 39.8 Å². The van der Waals surface area contributed by atoms with Gasteiger partial charge in [-0.3, -0.25) is 9.48 Å². The molecule has 2 heterocycles. The molecule has 0 radical (unpaired) electrons. The summed E-state index contributed by atoms with van der Waals surface area (Å²) >= 11 is 1.56. The van der Waals surface area contributed by atoms with Crippen LogP contribution in [0.2, 0.25) is 0 Å². The van der Waals surface area contributed by atoms with Gasteiger partial charge in [0, 0.05) is 17.6 Å². The summed E-state index contributed by atoms with van der Waals surface area (Å²) in [5, 5.41) is 8.57. The summed E-state index contributed by atoms with van der Waals surface area (Å²) in [4.78, 5) is 24.4. The van der Waals surface area contributed by atoms with Gasteiger partial charge >= 0.3 is 5.97 Å². The van der Waals surface area contributed by atoms with Gasteiger partial charge in [0.05, 0.1) is 12.7 Å². The van der Waals surface area contributed by atoms with Crippen molar-refractivity contribution in [1.82, 2.24) is 15.1 Å². The van der Waals surface area contributed by atoms with Crippen LogP contribution in [-0.2, 0) is 23.1 Å². The Morgan fingerprint density at radius 3 is 2.90 bits per heavy atom. The molecule has 1 amide bonds. The van der Waals surface area contributed by atoms with Crippen molar-refractivity contribution >= 4 is 23.2 Å². The second-order valence-corrected chi connectivity index (χ2v) is 5.23. The highest BCUT2D eigenvalue weighted by Crippen LogP contribution is 2.08. The Labute approximate surface area is 120 Å². The number of aryl methyl sites for hydroxylation is 1. The lowest BCUT2D eigenvalue weighted by Crippen LogP contribution is -2.28. The fourth-order valence-electron chi connectivity index (χ4n) is 1.56. The fraction of sp³-hybridized carbons (Fsp3) is 0.308. The summed E-state index contributed by atoms with van der Waals surface area (Å²) in [6.45, 7) is 1.92. The van der Waals surface area contributed by atoms with E-state index < -0.39 is 5.97 Å². The molecule has 0 aromatic carbocycles. The van der Waals surface area contributed by atoms with Crippen LogP contribution >= 0.6 is 11.3 Å². The third kappa shape index (κ3) is 3.45. The molecular weight excluding hydrogens is 278 g/mol. The molecule has 0 atom stereocenters. The molecule has 0 bridgehead atoms. The number of aromatic nitrogens is 2. The standard InChI is InChI=1S/C13H15N3O3S/c1-9-11(7-15-16(9)2)13(18)19-8-12(17)14-6-10-4-3-5-20-10/h3-5,7H,6,8H2,1-2H3,(H,14,17). The van der Waals surface area contributed by atoms with Crippen molar-refractivity contribution in [2.24, 2.45) is 7.05 Å². The fourth-order valence-corrected chi connectivity index (χ4v) is 2.20. The third-order valence-corrected chi connectivity index (χ3v) is 3.71. The molecule has 20 heavy (non-hydrogen) atoms. The van der Waals surface area contributed by atoms with E-state index in [1.54, 1.807) is 30.0 Å². The Hall–Kier alpha value is -2.15. The number of nitrogens with one attached hydrogen (secondary N) is 1. The number of carbonyl (C=O) groups is 2. The molecule has 0 saturated heterocycles. The van der Waals surface area contributed by atoms with E-state index in [1.807, 2.05) is 17.5 Å². The summed E-state index contributed by atoms with van der Waals surface area (Å²) < 4.78 is 6.53. The van der Waals surface area contributed by atoms with Gasteiger partial charge in [-0.1, -0.05) is 6.07 Å². The van der Waals surface area contributed by atoms with Crippen LogP contribution < -0.4 is 5.32 Å². The van der Waals surface area contributed by atoms with E-state index in [2.05, 4.69) is 10.4 Å². The molecule has 2 rings (SSSR count). The van der Waals surface area contributed by atoms with E-state index in [9.17, 15) is 9.59 Å². The summed E-state index contributed by atoms with van der Waals surface area (Å²) in [7, 11) is 1.74. The zero-order chi connectivity index (χ0) is 14.5. The SMILES string of the molecule is Cc1c(C(=O)OCC(=O)NCc2cccs2)cnn1C. The quantitative estimate of drug-likeness (QED) is 0.842. The average Bonchev–Trinajstić information content (AvgIpc) is 3.05. The van der Waals surface area contributed by atoms with Crippen molar-refractivity contribution in [3.8, 4) is 0 Å². The van der Waals surface area contributed by atoms with Crippen molar-refractivity contribution in [2.45, 2.75) is 13.5 Å². The summed E-state index contributed by atoms with van der Waals surface area (Å²) in [6.07, 6.45) is 1.43. The number of amides is 1. The van der Waals surface area contributed by atoms with E-state index in [4.69, 9.17) is 4.74 Å². The van der Waals surface area contributed by atoms with Gasteiger partial charge in [-0.2, -0.15) is 5.10 Å². The third-order valence-electron chi connectivity index (χ3n) is 2.83. The van der Waals surface area contributed by atoms with Crippen LogP contribution in [0.4, 0.5) is 0 Å². The molecule has 2 aromatic heterocycles. The first-order valence-electron chi connectivity index (χ1n) is 6.02. The Bertz CT molecular complexity index is 604. The van der Waals surface area contributed by atoms with Gasteiger partial charge < -0.3 is 10.1 Å². The van der Waals surface area contributed by atoms with Crippen LogP contribution in [0.3, 0.4) is 0 Å². The molecule has 6 nitrogen and oxygen atoms in total. The van der Waals surface area contributed by atoms with Crippen LogP contribution in [0.5, 0.6) is 0 Å². The summed E-state index contributed by atoms with van der Waals surface area (Å²) in [5.74, 6) is -0.866. The monoisotopic (exact) mass is 293 g/mol. The maximum Gasteiger partial charge on any atom is 0.342 e. The molecule has 0 aliphatic rings. The van der Waals surface area contributed by atoms with Gasteiger partial charge in [0.2, 0.25) is 0 Å². The van der Waals surface area contributed by atoms with Gasteiger partial charge in [0.25, 0.3) is 5.91 Å². The minimum Gasteiger partial charge on any atom is -0.452 e. The summed E-state index contributed by atoms with van der Waals surface area (Å²) in [5.41, 5.74) is 1.08. The van der Waals surface area contributed by atoms with Crippen LogP contribution in [0, 0.1) is 6.92 Å². The maximum absolute atomic E-state index is 11.8. The molecular formula is C13H15N3O3S. The number of hydrogen-bond donors (Lipinski definition) is 1. The molecule has 0 spiro atoms. The minimum atomic E-state index is -0.540. The van der Waals surface area contributed by atoms with E-state index in [0.717, 1.165) is 4.88 Å². The molecule has 7 heteroatoms. The smallest absolute Gasteiger partial charge is 0.342 e. The lowest BCUT2D eigenvalue weighted by atomic mass is 10.3. The zero-order valence-corrected chi connectivity index (χ0v) is 12.1. The number of rotatable bonds is 5. The van der Waals surface area contributed by atoms with Gasteiger partial charge in [0.1, 0.15) is 5.56 Å². The van der Waals surface area contributed by atoms with Crippen LogP contribution in [0.25, 0.3) is 0 Å². The Kier molecular flexibility index (Phi) is 4.52. The molecule has 1 N–H and O–H groups in total. The first-order chi connectivity index (χ1) is 9.58. The molecule has 0 aliphatic heterocycles. The number of hydrogen-bond acceptors (Lipinski definition) is 5. The number of thiophene rings is 1. The van der Waals surface area contributed by atoms with Crippen molar-refractivity contribution in [1.29, 1.82) is 0 Å². The number of esters is 1. The van der Waals surface area contributed by atoms with E-state index in [-0.39, 0.29) is 12.5 Å². The Morgan fingerprint density at radius 2 is 2.30 bits per heavy atom. The van der Waals surface area contributed by atoms with Crippen molar-refractivity contribution < 1.29 is 14.3 Å². The zero-order valence-electron chi connectivity index (χ0n) is 11.3. The number of nitrogens with zero attached hydrogens (tertiary/aromatic N) is 2. The highest BCUT2D eigenvalue weighted by molar-refractivity contribution is 7.09. The highest BCUT2D eigenvalue weighted by atomic mass is 32.1. The minimum absolute atomic E-state index is 0.293. The lowest BCUT2D eigenvalue weighted by molar-refractivity contribution is -0.124. The van der Waals surface area contributed by atoms with Crippen LogP contribution in [0.15, 0.2) is 23.7 Å². The van der Waals surface area contributed by atoms with E-state index >= 15 is 0 Å². The lowest BCUT2D eigenvalue weighted by Gasteiger charge is -2.05. The second-order valence-electron chi connectivity index (χ2n) is 4.20. The molecule has 0 fully saturated rings. The Balaban J connectivity index is 1.78. The van der Waals surface area contributed by atoms with Crippen LogP contribution in [0.1, 0.15) is 20.9 Å². The van der Waals surface area contributed by atoms with E-state index in [1.165, 1.54) is 6.20 Å². The Morgan fingerprint density at radius 1 is 1.50 bits per heavy atom. The van der Waals surface area contributed by atoms with Gasteiger partial charge in [-0.25, -0.2) is 4.79 Å². The van der Waals surface area contributed by atoms with Gasteiger partial charge in [-0.15, -0.1) is 11.3 Å². The predicted octanol–water partition coefficient (Wildman–Crippen LogP) is 1.26. The normalized spacial score (nSPS) is 10.3. The maximum atomic E-state index is 11.8. The largest absolute Gasteiger partial charge is 0.452 e. The van der Waals surface area contributed by atoms with Gasteiger partial charge in [0.15, 0.2) is 6.61 Å². The first-order valence-corrected chi connectivity index (χ1v) is 6.90. The molecule has 106 valence electrons. The number of ether oxygens (including phenoxy) is 1. The van der Waals surface area contributed by atoms with Gasteiger partial charge in [-0.05, 0) is 18.4 Å². The highest BCUT2D eigenvalue weighted by Gasteiger charge is 2.15. The van der Waals surface area contributed by atoms with Crippen LogP contribution in [-0.4, -0.2) is 28.3 Å². The van der Waals surface area contributed by atoms with Crippen molar-refractivity contribution in [2.75, 3.05) is 6.61 Å². The number of carbonyl (C=O) groups excluding carboxylic acids is 2.